The molecule has 2 aromatic rings. The molecule has 0 N–H and O–H groups in total. The molecule has 0 radical (unpaired) electrons. The van der Waals surface area contributed by atoms with E-state index in [-0.39, 0.29) is 0 Å². The third-order valence-electron chi connectivity index (χ3n) is 3.72. The Labute approximate surface area is 135 Å². The van der Waals surface area contributed by atoms with Crippen molar-refractivity contribution in [1.29, 1.82) is 0 Å². The van der Waals surface area contributed by atoms with Crippen LogP contribution in [-0.4, -0.2) is 14.9 Å². The monoisotopic (exact) mass is 310 g/mol. The molecule has 2 rings (SSSR count). The van der Waals surface area contributed by atoms with Gasteiger partial charge in [0.1, 0.15) is 0 Å². The van der Waals surface area contributed by atoms with Gasteiger partial charge >= 0.3 is 0 Å². The molecular weight excluding hydrogens is 284 g/mol. The van der Waals surface area contributed by atoms with Crippen LogP contribution in [0.3, 0.4) is 0 Å². The Hall–Kier alpha value is -1.64. The van der Waals surface area contributed by atoms with Gasteiger partial charge in [-0.05, 0) is 41.9 Å². The number of hydrogen-bond acceptors (Lipinski definition) is 1. The average Bonchev–Trinajstić information content (AvgIpc) is 2.52. The summed E-state index contributed by atoms with van der Waals surface area (Å²) in [4.78, 5) is 0. The van der Waals surface area contributed by atoms with E-state index in [0.717, 1.165) is 12.2 Å². The Kier molecular flexibility index (Phi) is 5.38. The van der Waals surface area contributed by atoms with Crippen LogP contribution in [0.15, 0.2) is 61.2 Å². The molecule has 1 nitrogen and oxygen atoms in total. The van der Waals surface area contributed by atoms with Crippen molar-refractivity contribution in [3.05, 3.63) is 77.9 Å². The van der Waals surface area contributed by atoms with E-state index in [4.69, 9.17) is 4.43 Å². The molecule has 2 heteroatoms. The maximum atomic E-state index is 6.01. The zero-order chi connectivity index (χ0) is 16.2. The van der Waals surface area contributed by atoms with E-state index in [0.29, 0.717) is 5.92 Å². The van der Waals surface area contributed by atoms with Crippen molar-refractivity contribution in [2.75, 3.05) is 6.61 Å². The molecule has 0 saturated carbocycles. The molecule has 0 spiro atoms. The van der Waals surface area contributed by atoms with E-state index in [1.54, 1.807) is 0 Å². The lowest BCUT2D eigenvalue weighted by atomic mass is 9.95. The molecule has 116 valence electrons. The maximum Gasteiger partial charge on any atom is 0.183 e. The summed E-state index contributed by atoms with van der Waals surface area (Å²) in [5.41, 5.74) is 4.74. The van der Waals surface area contributed by atoms with Crippen molar-refractivity contribution < 1.29 is 4.43 Å². The standard InChI is InChI=1S/C20H26OSi/c1-16(15-21-22(3,4)5)18-11-13-20(14-12-18)17(2)19-9-7-6-8-10-19/h6-14,16H,2,15H2,1,3-5H3. The van der Waals surface area contributed by atoms with Crippen LogP contribution in [0.2, 0.25) is 19.6 Å². The summed E-state index contributed by atoms with van der Waals surface area (Å²) in [6.07, 6.45) is 0. The molecule has 0 aliphatic rings. The zero-order valence-corrected chi connectivity index (χ0v) is 15.1. The summed E-state index contributed by atoms with van der Waals surface area (Å²) in [6, 6.07) is 19.0. The van der Waals surface area contributed by atoms with Gasteiger partial charge in [-0.15, -0.1) is 0 Å². The summed E-state index contributed by atoms with van der Waals surface area (Å²) in [5, 5.41) is 0. The molecule has 1 unspecified atom stereocenters. The Balaban J connectivity index is 2.05. The largest absolute Gasteiger partial charge is 0.417 e. The molecule has 0 aliphatic carbocycles. The van der Waals surface area contributed by atoms with Crippen molar-refractivity contribution in [3.63, 3.8) is 0 Å². The first kappa shape index (κ1) is 16.7. The molecule has 0 saturated heterocycles. The molecule has 2 aromatic carbocycles. The first-order chi connectivity index (χ1) is 10.4. The fourth-order valence-corrected chi connectivity index (χ4v) is 3.04. The lowest BCUT2D eigenvalue weighted by molar-refractivity contribution is 0.289. The smallest absolute Gasteiger partial charge is 0.183 e. The Morgan fingerprint density at radius 1 is 0.955 bits per heavy atom. The predicted molar refractivity (Wildman–Crippen MR) is 98.7 cm³/mol. The van der Waals surface area contributed by atoms with E-state index >= 15 is 0 Å². The van der Waals surface area contributed by atoms with Crippen LogP contribution in [0, 0.1) is 0 Å². The van der Waals surface area contributed by atoms with Gasteiger partial charge in [0.25, 0.3) is 0 Å². The highest BCUT2D eigenvalue weighted by Crippen LogP contribution is 2.24. The second-order valence-corrected chi connectivity index (χ2v) is 11.3. The molecule has 0 fully saturated rings. The van der Waals surface area contributed by atoms with Crippen molar-refractivity contribution >= 4 is 13.9 Å². The highest BCUT2D eigenvalue weighted by molar-refractivity contribution is 6.69. The van der Waals surface area contributed by atoms with Crippen molar-refractivity contribution in [3.8, 4) is 0 Å². The van der Waals surface area contributed by atoms with Gasteiger partial charge in [-0.25, -0.2) is 0 Å². The first-order valence-corrected chi connectivity index (χ1v) is 11.3. The van der Waals surface area contributed by atoms with E-state index < -0.39 is 8.32 Å². The second-order valence-electron chi connectivity index (χ2n) is 6.79. The molecular formula is C20H26OSi. The molecule has 1 atom stereocenters. The number of hydrogen-bond donors (Lipinski definition) is 0. The zero-order valence-electron chi connectivity index (χ0n) is 14.1. The van der Waals surface area contributed by atoms with Gasteiger partial charge in [0, 0.05) is 12.5 Å². The van der Waals surface area contributed by atoms with Gasteiger partial charge in [0.15, 0.2) is 8.32 Å². The summed E-state index contributed by atoms with van der Waals surface area (Å²) in [5.74, 6) is 0.422. The Morgan fingerprint density at radius 3 is 2.05 bits per heavy atom. The van der Waals surface area contributed by atoms with Crippen LogP contribution in [0.25, 0.3) is 5.57 Å². The topological polar surface area (TPSA) is 9.23 Å². The quantitative estimate of drug-likeness (QED) is 0.622. The van der Waals surface area contributed by atoms with E-state index in [1.165, 1.54) is 16.7 Å². The third kappa shape index (κ3) is 4.69. The molecule has 0 aliphatic heterocycles. The van der Waals surface area contributed by atoms with Crippen LogP contribution in [0.4, 0.5) is 0 Å². The number of rotatable bonds is 6. The predicted octanol–water partition coefficient (Wildman–Crippen LogP) is 5.70. The molecule has 0 bridgehead atoms. The normalized spacial score (nSPS) is 12.9. The van der Waals surface area contributed by atoms with Gasteiger partial charge in [0.05, 0.1) is 0 Å². The summed E-state index contributed by atoms with van der Waals surface area (Å²) in [7, 11) is -1.44. The van der Waals surface area contributed by atoms with Crippen LogP contribution >= 0.6 is 0 Å². The van der Waals surface area contributed by atoms with Gasteiger partial charge in [-0.2, -0.15) is 0 Å². The van der Waals surface area contributed by atoms with Gasteiger partial charge in [-0.3, -0.25) is 0 Å². The van der Waals surface area contributed by atoms with Gasteiger partial charge in [0.2, 0.25) is 0 Å². The van der Waals surface area contributed by atoms with Crippen molar-refractivity contribution in [2.24, 2.45) is 0 Å². The first-order valence-electron chi connectivity index (χ1n) is 7.85. The summed E-state index contributed by atoms with van der Waals surface area (Å²) < 4.78 is 6.01. The molecule has 0 aromatic heterocycles. The van der Waals surface area contributed by atoms with Crippen LogP contribution in [-0.2, 0) is 4.43 Å². The fraction of sp³-hybridized carbons (Fsp3) is 0.300. The van der Waals surface area contributed by atoms with Gasteiger partial charge in [-0.1, -0.05) is 68.1 Å². The molecule has 22 heavy (non-hydrogen) atoms. The van der Waals surface area contributed by atoms with E-state index in [1.807, 2.05) is 18.2 Å². The fourth-order valence-electron chi connectivity index (χ4n) is 2.29. The summed E-state index contributed by atoms with van der Waals surface area (Å²) >= 11 is 0. The van der Waals surface area contributed by atoms with Crippen LogP contribution in [0.1, 0.15) is 29.5 Å². The Bertz CT molecular complexity index is 608. The third-order valence-corrected chi connectivity index (χ3v) is 4.75. The van der Waals surface area contributed by atoms with Crippen LogP contribution in [0.5, 0.6) is 0 Å². The second kappa shape index (κ2) is 7.08. The van der Waals surface area contributed by atoms with E-state index in [9.17, 15) is 0 Å². The Morgan fingerprint density at radius 2 is 1.50 bits per heavy atom. The lowest BCUT2D eigenvalue weighted by Gasteiger charge is -2.21. The van der Waals surface area contributed by atoms with Crippen molar-refractivity contribution in [1.82, 2.24) is 0 Å². The van der Waals surface area contributed by atoms with E-state index in [2.05, 4.69) is 69.5 Å². The van der Waals surface area contributed by atoms with Gasteiger partial charge < -0.3 is 4.43 Å². The van der Waals surface area contributed by atoms with Crippen molar-refractivity contribution in [2.45, 2.75) is 32.5 Å². The highest BCUT2D eigenvalue weighted by Gasteiger charge is 2.16. The minimum absolute atomic E-state index is 0.422. The maximum absolute atomic E-state index is 6.01. The summed E-state index contributed by atoms with van der Waals surface area (Å²) in [6.45, 7) is 13.9. The highest BCUT2D eigenvalue weighted by atomic mass is 28.4. The molecule has 0 amide bonds. The minimum atomic E-state index is -1.44. The SMILES string of the molecule is C=C(c1ccccc1)c1ccc(C(C)CO[Si](C)(C)C)cc1. The number of benzene rings is 2. The lowest BCUT2D eigenvalue weighted by Crippen LogP contribution is -2.27. The van der Waals surface area contributed by atoms with Crippen LogP contribution < -0.4 is 0 Å². The molecule has 0 heterocycles. The minimum Gasteiger partial charge on any atom is -0.417 e. The average molecular weight is 311 g/mol.